The van der Waals surface area contributed by atoms with Crippen LogP contribution in [0.5, 0.6) is 0 Å². The molecule has 3 N–H and O–H groups in total. The van der Waals surface area contributed by atoms with Gasteiger partial charge in [-0.3, -0.25) is 4.98 Å². The van der Waals surface area contributed by atoms with Gasteiger partial charge in [-0.2, -0.15) is 4.98 Å². The molecule has 1 aliphatic rings. The Morgan fingerprint density at radius 3 is 2.86 bits per heavy atom. The fourth-order valence-corrected chi connectivity index (χ4v) is 2.44. The second kappa shape index (κ2) is 4.70. The lowest BCUT2D eigenvalue weighted by atomic mass is 10.1. The first-order chi connectivity index (χ1) is 10.3. The van der Waals surface area contributed by atoms with Crippen molar-refractivity contribution >= 4 is 22.7 Å². The quantitative estimate of drug-likeness (QED) is 0.769. The first-order valence-corrected chi connectivity index (χ1v) is 7.05. The Hall–Kier alpha value is -2.69. The molecule has 3 aromatic rings. The van der Waals surface area contributed by atoms with Gasteiger partial charge >= 0.3 is 0 Å². The van der Waals surface area contributed by atoms with Crippen molar-refractivity contribution < 1.29 is 0 Å². The van der Waals surface area contributed by atoms with Crippen LogP contribution in [0.25, 0.3) is 22.2 Å². The van der Waals surface area contributed by atoms with Crippen molar-refractivity contribution in [2.24, 2.45) is 0 Å². The van der Waals surface area contributed by atoms with Crippen LogP contribution in [0.4, 0.5) is 11.8 Å². The van der Waals surface area contributed by atoms with Crippen LogP contribution in [0.3, 0.4) is 0 Å². The Morgan fingerprint density at radius 2 is 2.00 bits per heavy atom. The molecule has 1 fully saturated rings. The number of nitrogen functional groups attached to an aromatic ring is 1. The second-order valence-corrected chi connectivity index (χ2v) is 5.29. The van der Waals surface area contributed by atoms with E-state index in [-0.39, 0.29) is 5.95 Å². The molecule has 0 aliphatic heterocycles. The molecule has 0 saturated heterocycles. The number of hydrogen-bond donors (Lipinski definition) is 2. The second-order valence-electron chi connectivity index (χ2n) is 5.29. The summed E-state index contributed by atoms with van der Waals surface area (Å²) < 4.78 is 0. The maximum absolute atomic E-state index is 5.86. The molecule has 2 aromatic heterocycles. The van der Waals surface area contributed by atoms with Crippen LogP contribution in [0.2, 0.25) is 0 Å². The molecule has 0 unspecified atom stereocenters. The number of hydrogen-bond acceptors (Lipinski definition) is 5. The first kappa shape index (κ1) is 12.1. The number of rotatable bonds is 3. The molecule has 1 aromatic carbocycles. The molecule has 4 rings (SSSR count). The molecular weight excluding hydrogens is 262 g/mol. The lowest BCUT2D eigenvalue weighted by Gasteiger charge is -2.09. The fourth-order valence-electron chi connectivity index (χ4n) is 2.44. The van der Waals surface area contributed by atoms with Gasteiger partial charge in [-0.15, -0.1) is 0 Å². The van der Waals surface area contributed by atoms with Crippen molar-refractivity contribution in [2.75, 3.05) is 11.1 Å². The Morgan fingerprint density at radius 1 is 1.10 bits per heavy atom. The van der Waals surface area contributed by atoms with Gasteiger partial charge in [0.05, 0.1) is 11.2 Å². The summed E-state index contributed by atoms with van der Waals surface area (Å²) in [5, 5.41) is 4.43. The maximum Gasteiger partial charge on any atom is 0.222 e. The Kier molecular flexibility index (Phi) is 2.70. The van der Waals surface area contributed by atoms with Crippen LogP contribution in [0.15, 0.2) is 42.6 Å². The van der Waals surface area contributed by atoms with Gasteiger partial charge in [0.1, 0.15) is 5.82 Å². The lowest BCUT2D eigenvalue weighted by Crippen LogP contribution is -2.06. The Balaban J connectivity index is 1.85. The summed E-state index contributed by atoms with van der Waals surface area (Å²) in [7, 11) is 0. The average molecular weight is 277 g/mol. The maximum atomic E-state index is 5.86. The van der Waals surface area contributed by atoms with Crippen LogP contribution < -0.4 is 11.1 Å². The SMILES string of the molecule is Nc1nc(NC2CC2)cc(-c2cccc3ncccc23)n1. The largest absolute Gasteiger partial charge is 0.368 e. The third kappa shape index (κ3) is 2.38. The van der Waals surface area contributed by atoms with Crippen LogP contribution in [0, 0.1) is 0 Å². The van der Waals surface area contributed by atoms with Gasteiger partial charge in [0.15, 0.2) is 0 Å². The van der Waals surface area contributed by atoms with Gasteiger partial charge in [-0.05, 0) is 25.0 Å². The Labute approximate surface area is 122 Å². The summed E-state index contributed by atoms with van der Waals surface area (Å²) in [6.45, 7) is 0. The molecule has 0 atom stereocenters. The van der Waals surface area contributed by atoms with Crippen LogP contribution >= 0.6 is 0 Å². The fraction of sp³-hybridized carbons (Fsp3) is 0.188. The molecular formula is C16H15N5. The highest BCUT2D eigenvalue weighted by Gasteiger charge is 2.22. The highest BCUT2D eigenvalue weighted by Crippen LogP contribution is 2.29. The van der Waals surface area contributed by atoms with E-state index in [0.717, 1.165) is 28.0 Å². The zero-order valence-corrected chi connectivity index (χ0v) is 11.5. The van der Waals surface area contributed by atoms with Crippen molar-refractivity contribution in [3.8, 4) is 11.3 Å². The van der Waals surface area contributed by atoms with Gasteiger partial charge in [0, 0.05) is 29.3 Å². The standard InChI is InChI=1S/C16H15N5/c17-16-20-14(9-15(21-16)19-10-6-7-10)12-3-1-5-13-11(12)4-2-8-18-13/h1-5,8-10H,6-7H2,(H3,17,19,20,21). The summed E-state index contributed by atoms with van der Waals surface area (Å²) in [4.78, 5) is 13.0. The lowest BCUT2D eigenvalue weighted by molar-refractivity contribution is 1.09. The minimum Gasteiger partial charge on any atom is -0.368 e. The van der Waals surface area contributed by atoms with Gasteiger partial charge < -0.3 is 11.1 Å². The minimum atomic E-state index is 0.288. The molecule has 0 radical (unpaired) electrons. The minimum absolute atomic E-state index is 0.288. The van der Waals surface area contributed by atoms with Crippen LogP contribution in [-0.4, -0.2) is 21.0 Å². The zero-order valence-electron chi connectivity index (χ0n) is 11.5. The van der Waals surface area contributed by atoms with Crippen molar-refractivity contribution in [3.63, 3.8) is 0 Å². The molecule has 1 aliphatic carbocycles. The summed E-state index contributed by atoms with van der Waals surface area (Å²) in [6, 6.07) is 12.5. The molecule has 1 saturated carbocycles. The predicted molar refractivity (Wildman–Crippen MR) is 83.8 cm³/mol. The number of anilines is 2. The van der Waals surface area contributed by atoms with E-state index in [2.05, 4.69) is 20.3 Å². The number of aromatic nitrogens is 3. The zero-order chi connectivity index (χ0) is 14.2. The smallest absolute Gasteiger partial charge is 0.222 e. The number of benzene rings is 1. The predicted octanol–water partition coefficient (Wildman–Crippen LogP) is 2.85. The third-order valence-electron chi connectivity index (χ3n) is 3.59. The molecule has 5 nitrogen and oxygen atoms in total. The molecule has 0 amide bonds. The van der Waals surface area contributed by atoms with E-state index >= 15 is 0 Å². The van der Waals surface area contributed by atoms with Crippen LogP contribution in [-0.2, 0) is 0 Å². The van der Waals surface area contributed by atoms with E-state index in [0.29, 0.717) is 6.04 Å². The molecule has 104 valence electrons. The van der Waals surface area contributed by atoms with Gasteiger partial charge in [0.25, 0.3) is 0 Å². The van der Waals surface area contributed by atoms with Crippen LogP contribution in [0.1, 0.15) is 12.8 Å². The topological polar surface area (TPSA) is 76.7 Å². The highest BCUT2D eigenvalue weighted by molar-refractivity contribution is 5.93. The number of nitrogens with zero attached hydrogens (tertiary/aromatic N) is 3. The third-order valence-corrected chi connectivity index (χ3v) is 3.59. The van der Waals surface area contributed by atoms with E-state index in [1.807, 2.05) is 36.4 Å². The van der Waals surface area contributed by atoms with E-state index in [1.165, 1.54) is 12.8 Å². The molecule has 21 heavy (non-hydrogen) atoms. The average Bonchev–Trinajstić information content (AvgIpc) is 3.30. The highest BCUT2D eigenvalue weighted by atomic mass is 15.1. The van der Waals surface area contributed by atoms with E-state index < -0.39 is 0 Å². The number of fused-ring (bicyclic) bond motifs is 1. The van der Waals surface area contributed by atoms with Gasteiger partial charge in [-0.25, -0.2) is 4.98 Å². The monoisotopic (exact) mass is 277 g/mol. The summed E-state index contributed by atoms with van der Waals surface area (Å²) >= 11 is 0. The number of nitrogens with one attached hydrogen (secondary N) is 1. The number of nitrogens with two attached hydrogens (primary N) is 1. The van der Waals surface area contributed by atoms with E-state index in [9.17, 15) is 0 Å². The van der Waals surface area contributed by atoms with Gasteiger partial charge in [0.2, 0.25) is 5.95 Å². The molecule has 2 heterocycles. The molecule has 5 heteroatoms. The normalized spacial score (nSPS) is 14.3. The first-order valence-electron chi connectivity index (χ1n) is 7.05. The summed E-state index contributed by atoms with van der Waals surface area (Å²) in [5.74, 6) is 1.08. The summed E-state index contributed by atoms with van der Waals surface area (Å²) in [5.41, 5.74) is 8.65. The van der Waals surface area contributed by atoms with Gasteiger partial charge in [-0.1, -0.05) is 18.2 Å². The van der Waals surface area contributed by atoms with Crippen molar-refractivity contribution in [1.29, 1.82) is 0 Å². The van der Waals surface area contributed by atoms with Crippen molar-refractivity contribution in [3.05, 3.63) is 42.6 Å². The number of pyridine rings is 1. The Bertz CT molecular complexity index is 805. The van der Waals surface area contributed by atoms with Crippen molar-refractivity contribution in [1.82, 2.24) is 15.0 Å². The van der Waals surface area contributed by atoms with E-state index in [1.54, 1.807) is 6.20 Å². The molecule has 0 spiro atoms. The molecule has 0 bridgehead atoms. The van der Waals surface area contributed by atoms with E-state index in [4.69, 9.17) is 5.73 Å². The van der Waals surface area contributed by atoms with Crippen molar-refractivity contribution in [2.45, 2.75) is 18.9 Å². The summed E-state index contributed by atoms with van der Waals surface area (Å²) in [6.07, 6.45) is 4.18.